The SMILES string of the molecule is C=CNSNC. The average Bonchev–Trinajstić information content (AvgIpc) is 1.61. The molecule has 6 heavy (non-hydrogen) atoms. The summed E-state index contributed by atoms with van der Waals surface area (Å²) in [6, 6.07) is 0. The van der Waals surface area contributed by atoms with Crippen molar-refractivity contribution in [2.24, 2.45) is 0 Å². The molecule has 0 aliphatic carbocycles. The molecule has 0 aromatic heterocycles. The first kappa shape index (κ1) is 5.85. The fraction of sp³-hybridized carbons (Fsp3) is 0.333. The second-order valence-electron chi connectivity index (χ2n) is 0.628. The highest BCUT2D eigenvalue weighted by molar-refractivity contribution is 7.95. The fourth-order valence-corrected chi connectivity index (χ4v) is 0.302. The molecule has 0 atom stereocenters. The highest BCUT2D eigenvalue weighted by atomic mass is 32.2. The van der Waals surface area contributed by atoms with Crippen LogP contribution in [0.3, 0.4) is 0 Å². The van der Waals surface area contributed by atoms with Crippen LogP contribution >= 0.6 is 12.1 Å². The second-order valence-corrected chi connectivity index (χ2v) is 1.48. The smallest absolute Gasteiger partial charge is 0.0333 e. The summed E-state index contributed by atoms with van der Waals surface area (Å²) >= 11 is 1.39. The fourth-order valence-electron chi connectivity index (χ4n) is 0.101. The quantitative estimate of drug-likeness (QED) is 0.403. The number of hydrogen-bond donors (Lipinski definition) is 2. The molecule has 0 radical (unpaired) electrons. The normalized spacial score (nSPS) is 7.50. The first-order chi connectivity index (χ1) is 2.91. The van der Waals surface area contributed by atoms with Crippen molar-refractivity contribution >= 4 is 12.1 Å². The van der Waals surface area contributed by atoms with Crippen LogP contribution in [0, 0.1) is 0 Å². The van der Waals surface area contributed by atoms with Crippen molar-refractivity contribution < 1.29 is 0 Å². The molecular formula is C3H8N2S. The van der Waals surface area contributed by atoms with Crippen molar-refractivity contribution in [3.63, 3.8) is 0 Å². The third-order valence-electron chi connectivity index (χ3n) is 0.244. The number of rotatable bonds is 3. The lowest BCUT2D eigenvalue weighted by molar-refractivity contribution is 1.26. The summed E-state index contributed by atoms with van der Waals surface area (Å²) in [4.78, 5) is 0. The standard InChI is InChI=1S/C3H8N2S/c1-3-5-6-4-2/h3-5H,1H2,2H3. The van der Waals surface area contributed by atoms with Gasteiger partial charge in [0, 0.05) is 18.3 Å². The number of nitrogens with one attached hydrogen (secondary N) is 2. The third kappa shape index (κ3) is 3.85. The summed E-state index contributed by atoms with van der Waals surface area (Å²) in [7, 11) is 1.83. The van der Waals surface area contributed by atoms with E-state index in [1.165, 1.54) is 12.1 Å². The van der Waals surface area contributed by atoms with Gasteiger partial charge < -0.3 is 4.72 Å². The van der Waals surface area contributed by atoms with Gasteiger partial charge in [0.2, 0.25) is 0 Å². The molecule has 0 fully saturated rings. The van der Waals surface area contributed by atoms with E-state index >= 15 is 0 Å². The minimum Gasteiger partial charge on any atom is -0.324 e. The Morgan fingerprint density at radius 2 is 2.50 bits per heavy atom. The Kier molecular flexibility index (Phi) is 4.73. The van der Waals surface area contributed by atoms with Gasteiger partial charge >= 0.3 is 0 Å². The van der Waals surface area contributed by atoms with Crippen molar-refractivity contribution in [2.45, 2.75) is 0 Å². The Morgan fingerprint density at radius 1 is 1.83 bits per heavy atom. The van der Waals surface area contributed by atoms with Crippen molar-refractivity contribution in [3.8, 4) is 0 Å². The molecule has 0 aromatic rings. The second kappa shape index (κ2) is 4.85. The molecule has 0 bridgehead atoms. The van der Waals surface area contributed by atoms with E-state index in [-0.39, 0.29) is 0 Å². The van der Waals surface area contributed by atoms with Gasteiger partial charge in [0.1, 0.15) is 0 Å². The molecule has 2 nitrogen and oxygen atoms in total. The van der Waals surface area contributed by atoms with E-state index in [0.29, 0.717) is 0 Å². The molecule has 0 aromatic carbocycles. The molecule has 0 aliphatic rings. The van der Waals surface area contributed by atoms with Crippen molar-refractivity contribution in [1.29, 1.82) is 0 Å². The monoisotopic (exact) mass is 104 g/mol. The predicted molar refractivity (Wildman–Crippen MR) is 30.0 cm³/mol. The van der Waals surface area contributed by atoms with Crippen molar-refractivity contribution in [3.05, 3.63) is 12.8 Å². The zero-order chi connectivity index (χ0) is 4.83. The summed E-state index contributed by atoms with van der Waals surface area (Å²) in [5, 5.41) is 0. The minimum absolute atomic E-state index is 1.39. The van der Waals surface area contributed by atoms with Crippen LogP contribution in [0.1, 0.15) is 0 Å². The van der Waals surface area contributed by atoms with E-state index in [2.05, 4.69) is 16.0 Å². The average molecular weight is 104 g/mol. The molecule has 0 rings (SSSR count). The van der Waals surface area contributed by atoms with Crippen LogP contribution in [0.5, 0.6) is 0 Å². The van der Waals surface area contributed by atoms with Gasteiger partial charge in [0.05, 0.1) is 0 Å². The maximum atomic E-state index is 3.43. The molecule has 0 amide bonds. The van der Waals surface area contributed by atoms with E-state index in [9.17, 15) is 0 Å². The van der Waals surface area contributed by atoms with Crippen LogP contribution in [-0.2, 0) is 0 Å². The van der Waals surface area contributed by atoms with Crippen molar-refractivity contribution in [2.75, 3.05) is 7.05 Å². The molecule has 2 N–H and O–H groups in total. The summed E-state index contributed by atoms with van der Waals surface area (Å²) in [6.07, 6.45) is 1.61. The zero-order valence-electron chi connectivity index (χ0n) is 3.69. The van der Waals surface area contributed by atoms with Crippen LogP contribution in [-0.4, -0.2) is 7.05 Å². The molecule has 0 spiro atoms. The van der Waals surface area contributed by atoms with Gasteiger partial charge in [-0.3, -0.25) is 0 Å². The van der Waals surface area contributed by atoms with E-state index in [1.54, 1.807) is 6.20 Å². The lowest BCUT2D eigenvalue weighted by atomic mass is 11.1. The van der Waals surface area contributed by atoms with Gasteiger partial charge in [-0.1, -0.05) is 6.58 Å². The van der Waals surface area contributed by atoms with E-state index in [4.69, 9.17) is 0 Å². The molecule has 3 heteroatoms. The van der Waals surface area contributed by atoms with Gasteiger partial charge in [-0.25, -0.2) is 4.72 Å². The van der Waals surface area contributed by atoms with Crippen LogP contribution in [0.25, 0.3) is 0 Å². The first-order valence-corrected chi connectivity index (χ1v) is 2.42. The summed E-state index contributed by atoms with van der Waals surface area (Å²) in [5.74, 6) is 0. The first-order valence-electron chi connectivity index (χ1n) is 1.61. The van der Waals surface area contributed by atoms with E-state index < -0.39 is 0 Å². The Bertz CT molecular complexity index is 37.8. The molecule has 0 saturated carbocycles. The summed E-state index contributed by atoms with van der Waals surface area (Å²) < 4.78 is 5.57. The summed E-state index contributed by atoms with van der Waals surface area (Å²) in [5.41, 5.74) is 0. The van der Waals surface area contributed by atoms with Crippen LogP contribution in [0.15, 0.2) is 12.8 Å². The highest BCUT2D eigenvalue weighted by Crippen LogP contribution is 1.76. The topological polar surface area (TPSA) is 24.1 Å². The number of hydrogen-bond acceptors (Lipinski definition) is 3. The molecule has 0 unspecified atom stereocenters. The minimum atomic E-state index is 1.39. The van der Waals surface area contributed by atoms with Gasteiger partial charge in [-0.05, 0) is 7.05 Å². The Labute approximate surface area is 42.3 Å². The molecular weight excluding hydrogens is 96.1 g/mol. The van der Waals surface area contributed by atoms with Crippen molar-refractivity contribution in [1.82, 2.24) is 9.44 Å². The van der Waals surface area contributed by atoms with E-state index in [1.807, 2.05) is 7.05 Å². The predicted octanol–water partition coefficient (Wildman–Crippen LogP) is 0.502. The molecule has 0 aliphatic heterocycles. The Morgan fingerprint density at radius 3 is 2.67 bits per heavy atom. The van der Waals surface area contributed by atoms with Crippen LogP contribution in [0.4, 0.5) is 0 Å². The van der Waals surface area contributed by atoms with Crippen LogP contribution < -0.4 is 9.44 Å². The Balaban J connectivity index is 2.49. The zero-order valence-corrected chi connectivity index (χ0v) is 4.51. The lowest BCUT2D eigenvalue weighted by Gasteiger charge is -1.90. The van der Waals surface area contributed by atoms with Gasteiger partial charge in [0.15, 0.2) is 0 Å². The summed E-state index contributed by atoms with van der Waals surface area (Å²) in [6.45, 7) is 3.43. The van der Waals surface area contributed by atoms with Gasteiger partial charge in [-0.2, -0.15) is 0 Å². The maximum absolute atomic E-state index is 3.43. The molecule has 0 heterocycles. The lowest BCUT2D eigenvalue weighted by Crippen LogP contribution is -2.00. The van der Waals surface area contributed by atoms with Gasteiger partial charge in [0.25, 0.3) is 0 Å². The Hall–Kier alpha value is -0.150. The molecule has 36 valence electrons. The largest absolute Gasteiger partial charge is 0.324 e. The van der Waals surface area contributed by atoms with Gasteiger partial charge in [-0.15, -0.1) is 0 Å². The van der Waals surface area contributed by atoms with Crippen LogP contribution in [0.2, 0.25) is 0 Å². The van der Waals surface area contributed by atoms with E-state index in [0.717, 1.165) is 0 Å². The third-order valence-corrected chi connectivity index (χ3v) is 0.733. The highest BCUT2D eigenvalue weighted by Gasteiger charge is 1.64. The molecule has 0 saturated heterocycles. The maximum Gasteiger partial charge on any atom is 0.0333 e.